The highest BCUT2D eigenvalue weighted by molar-refractivity contribution is 6.53. The van der Waals surface area contributed by atoms with Crippen LogP contribution in [0.5, 0.6) is 5.88 Å². The summed E-state index contributed by atoms with van der Waals surface area (Å²) in [6.45, 7) is 7.67. The normalized spacial score (nSPS) is 24.1. The zero-order valence-electron chi connectivity index (χ0n) is 14.4. The van der Waals surface area contributed by atoms with E-state index in [1.807, 2.05) is 27.7 Å². The lowest BCUT2D eigenvalue weighted by atomic mass is 9.85. The lowest BCUT2D eigenvalue weighted by Gasteiger charge is -2.32. The Bertz CT molecular complexity index is 643. The van der Waals surface area contributed by atoms with Gasteiger partial charge in [0.15, 0.2) is 5.82 Å². The number of hydrogen-bond acceptors (Lipinski definition) is 4. The average Bonchev–Trinajstić information content (AvgIpc) is 3.20. The van der Waals surface area contributed by atoms with Crippen molar-refractivity contribution in [1.82, 2.24) is 4.98 Å². The number of nitrogens with zero attached hydrogens (tertiary/aromatic N) is 1. The molecule has 0 N–H and O–H groups in total. The summed E-state index contributed by atoms with van der Waals surface area (Å²) < 4.78 is 45.0. The first-order valence-electron chi connectivity index (χ1n) is 8.11. The number of hydrogen-bond donors (Lipinski definition) is 0. The zero-order chi connectivity index (χ0) is 17.6. The molecule has 2 heterocycles. The molecule has 0 amide bonds. The van der Waals surface area contributed by atoms with E-state index in [1.54, 1.807) is 0 Å². The fourth-order valence-corrected chi connectivity index (χ4v) is 2.50. The Morgan fingerprint density at radius 3 is 2.46 bits per heavy atom. The molecule has 2 aliphatic rings. The van der Waals surface area contributed by atoms with Crippen molar-refractivity contribution in [3.63, 3.8) is 0 Å². The van der Waals surface area contributed by atoms with E-state index in [9.17, 15) is 8.78 Å². The number of ether oxygens (including phenoxy) is 1. The number of aromatic nitrogens is 1. The molecule has 0 atom stereocenters. The summed E-state index contributed by atoms with van der Waals surface area (Å²) in [4.78, 5) is 3.84. The van der Waals surface area contributed by atoms with Gasteiger partial charge in [0.25, 0.3) is 0 Å². The Morgan fingerprint density at radius 2 is 1.92 bits per heavy atom. The summed E-state index contributed by atoms with van der Waals surface area (Å²) >= 11 is 0. The highest BCUT2D eigenvalue weighted by Crippen LogP contribution is 2.49. The maximum absolute atomic E-state index is 14.6. The molecule has 1 saturated heterocycles. The highest BCUT2D eigenvalue weighted by Gasteiger charge is 2.54. The minimum absolute atomic E-state index is 0.0618. The molecule has 3 rings (SSSR count). The van der Waals surface area contributed by atoms with Gasteiger partial charge in [-0.2, -0.15) is 0 Å². The second-order valence-electron chi connectivity index (χ2n) is 7.56. The average molecular weight is 337 g/mol. The summed E-state index contributed by atoms with van der Waals surface area (Å²) in [5, 5.41) is 0. The molecule has 2 fully saturated rings. The fourth-order valence-electron chi connectivity index (χ4n) is 2.50. The Morgan fingerprint density at radius 1 is 1.29 bits per heavy atom. The molecule has 1 aromatic heterocycles. The van der Waals surface area contributed by atoms with Crippen molar-refractivity contribution in [2.45, 2.75) is 51.7 Å². The molecule has 0 aromatic carbocycles. The third-order valence-corrected chi connectivity index (χ3v) is 5.04. The molecule has 0 bridgehead atoms. The first-order chi connectivity index (χ1) is 11.1. The van der Waals surface area contributed by atoms with Crippen LogP contribution >= 0.6 is 0 Å². The molecule has 1 aliphatic carbocycles. The van der Waals surface area contributed by atoms with Crippen LogP contribution in [-0.2, 0) is 9.31 Å². The zero-order valence-corrected chi connectivity index (χ0v) is 14.4. The molecule has 1 aliphatic heterocycles. The quantitative estimate of drug-likeness (QED) is 0.765. The standard InChI is InChI=1S/C17H22BF2NO3/c1-15(2)16(3,4)24-18(23-15)13(20)10-17(7-8-17)11-22-14-12(19)6-5-9-21-14/h5-6,9-10H,7-8,11H2,1-4H3. The van der Waals surface area contributed by atoms with Gasteiger partial charge >= 0.3 is 7.12 Å². The van der Waals surface area contributed by atoms with Gasteiger partial charge in [0.1, 0.15) is 5.73 Å². The maximum atomic E-state index is 14.6. The van der Waals surface area contributed by atoms with E-state index in [0.717, 1.165) is 12.8 Å². The van der Waals surface area contributed by atoms with E-state index in [2.05, 4.69) is 4.98 Å². The van der Waals surface area contributed by atoms with Crippen LogP contribution in [0, 0.1) is 11.2 Å². The largest absolute Gasteiger partial charge is 0.524 e. The van der Waals surface area contributed by atoms with Gasteiger partial charge < -0.3 is 14.0 Å². The molecule has 4 nitrogen and oxygen atoms in total. The summed E-state index contributed by atoms with van der Waals surface area (Å²) in [5.41, 5.74) is -2.09. The molecule has 130 valence electrons. The number of rotatable bonds is 5. The van der Waals surface area contributed by atoms with Crippen LogP contribution in [0.25, 0.3) is 0 Å². The van der Waals surface area contributed by atoms with E-state index < -0.39 is 35.3 Å². The maximum Gasteiger partial charge on any atom is 0.524 e. The van der Waals surface area contributed by atoms with Gasteiger partial charge in [-0.15, -0.1) is 0 Å². The van der Waals surface area contributed by atoms with Crippen molar-refractivity contribution >= 4 is 7.12 Å². The van der Waals surface area contributed by atoms with Gasteiger partial charge in [-0.25, -0.2) is 13.8 Å². The first kappa shape index (κ1) is 17.4. The van der Waals surface area contributed by atoms with Crippen molar-refractivity contribution in [3.05, 3.63) is 35.9 Å². The summed E-state index contributed by atoms with van der Waals surface area (Å²) in [6, 6.07) is 2.77. The van der Waals surface area contributed by atoms with Crippen molar-refractivity contribution in [2.24, 2.45) is 5.41 Å². The summed E-state index contributed by atoms with van der Waals surface area (Å²) in [7, 11) is -1.01. The van der Waals surface area contributed by atoms with Crippen LogP contribution in [0.15, 0.2) is 30.1 Å². The van der Waals surface area contributed by atoms with E-state index in [0.29, 0.717) is 0 Å². The fraction of sp³-hybridized carbons (Fsp3) is 0.588. The minimum atomic E-state index is -1.01. The molecule has 0 spiro atoms. The van der Waals surface area contributed by atoms with E-state index in [-0.39, 0.29) is 12.5 Å². The lowest BCUT2D eigenvalue weighted by Crippen LogP contribution is -2.41. The van der Waals surface area contributed by atoms with Crippen LogP contribution in [0.4, 0.5) is 8.78 Å². The third kappa shape index (κ3) is 3.33. The van der Waals surface area contributed by atoms with Gasteiger partial charge in [-0.05, 0) is 58.7 Å². The highest BCUT2D eigenvalue weighted by atomic mass is 19.1. The van der Waals surface area contributed by atoms with Crippen molar-refractivity contribution in [3.8, 4) is 5.88 Å². The van der Waals surface area contributed by atoms with Gasteiger partial charge in [-0.3, -0.25) is 0 Å². The summed E-state index contributed by atoms with van der Waals surface area (Å²) in [5.74, 6) is -0.586. The molecule has 24 heavy (non-hydrogen) atoms. The molecule has 1 aromatic rings. The smallest absolute Gasteiger partial charge is 0.475 e. The first-order valence-corrected chi connectivity index (χ1v) is 8.11. The van der Waals surface area contributed by atoms with E-state index in [1.165, 1.54) is 24.4 Å². The molecular formula is C17H22BF2NO3. The Hall–Kier alpha value is -1.47. The Labute approximate surface area is 141 Å². The van der Waals surface area contributed by atoms with Crippen molar-refractivity contribution in [1.29, 1.82) is 0 Å². The van der Waals surface area contributed by atoms with Crippen LogP contribution in [-0.4, -0.2) is 29.9 Å². The van der Waals surface area contributed by atoms with Crippen LogP contribution in [0.3, 0.4) is 0 Å². The number of halogens is 2. The SMILES string of the molecule is CC1(C)OB(C(F)=CC2(COc3ncccc3F)CC2)OC1(C)C. The van der Waals surface area contributed by atoms with E-state index >= 15 is 0 Å². The Kier molecular flexibility index (Phi) is 4.20. The minimum Gasteiger partial charge on any atom is -0.475 e. The van der Waals surface area contributed by atoms with Crippen LogP contribution < -0.4 is 4.74 Å². The van der Waals surface area contributed by atoms with E-state index in [4.69, 9.17) is 14.0 Å². The Balaban J connectivity index is 1.66. The third-order valence-electron chi connectivity index (χ3n) is 5.04. The van der Waals surface area contributed by atoms with Crippen molar-refractivity contribution < 1.29 is 22.8 Å². The second kappa shape index (κ2) is 5.81. The summed E-state index contributed by atoms with van der Waals surface area (Å²) in [6.07, 6.45) is 4.50. The molecule has 0 unspecified atom stereocenters. The predicted molar refractivity (Wildman–Crippen MR) is 86.6 cm³/mol. The molecule has 1 saturated carbocycles. The molecule has 0 radical (unpaired) electrons. The molecule has 7 heteroatoms. The monoisotopic (exact) mass is 337 g/mol. The topological polar surface area (TPSA) is 40.6 Å². The lowest BCUT2D eigenvalue weighted by molar-refractivity contribution is 0.00578. The predicted octanol–water partition coefficient (Wildman–Crippen LogP) is 3.86. The van der Waals surface area contributed by atoms with Crippen LogP contribution in [0.1, 0.15) is 40.5 Å². The van der Waals surface area contributed by atoms with Gasteiger partial charge in [-0.1, -0.05) is 0 Å². The van der Waals surface area contributed by atoms with Gasteiger partial charge in [0, 0.05) is 11.6 Å². The van der Waals surface area contributed by atoms with Crippen LogP contribution in [0.2, 0.25) is 0 Å². The van der Waals surface area contributed by atoms with Crippen molar-refractivity contribution in [2.75, 3.05) is 6.61 Å². The van der Waals surface area contributed by atoms with Gasteiger partial charge in [0.05, 0.1) is 17.8 Å². The molecular weight excluding hydrogens is 315 g/mol. The van der Waals surface area contributed by atoms with Gasteiger partial charge in [0.2, 0.25) is 5.88 Å². The number of pyridine rings is 1. The second-order valence-corrected chi connectivity index (χ2v) is 7.56.